The number of nitrogens with zero attached hydrogens (tertiary/aromatic N) is 1. The van der Waals surface area contributed by atoms with Gasteiger partial charge >= 0.3 is 0 Å². The lowest BCUT2D eigenvalue weighted by atomic mass is 9.88. The van der Waals surface area contributed by atoms with Gasteiger partial charge in [0.1, 0.15) is 0 Å². The summed E-state index contributed by atoms with van der Waals surface area (Å²) in [5.74, 6) is -0.818. The van der Waals surface area contributed by atoms with Gasteiger partial charge in [-0.1, -0.05) is 72.3 Å². The molecule has 0 saturated heterocycles. The van der Waals surface area contributed by atoms with E-state index in [9.17, 15) is 9.59 Å². The number of hydrogen-bond donors (Lipinski definition) is 1. The van der Waals surface area contributed by atoms with Gasteiger partial charge in [-0.25, -0.2) is 4.99 Å². The molecule has 1 aliphatic carbocycles. The predicted octanol–water partition coefficient (Wildman–Crippen LogP) is 3.93. The van der Waals surface area contributed by atoms with Gasteiger partial charge in [0, 0.05) is 17.7 Å². The average molecular weight is 368 g/mol. The summed E-state index contributed by atoms with van der Waals surface area (Å²) in [7, 11) is 0. The Labute approximate surface area is 164 Å². The lowest BCUT2D eigenvalue weighted by molar-refractivity contribution is -0.118. The first-order valence-corrected chi connectivity index (χ1v) is 9.23. The van der Waals surface area contributed by atoms with Crippen molar-refractivity contribution >= 4 is 17.5 Å². The summed E-state index contributed by atoms with van der Waals surface area (Å²) in [6, 6.07) is 19.3. The van der Waals surface area contributed by atoms with Crippen molar-refractivity contribution in [2.75, 3.05) is 0 Å². The summed E-state index contributed by atoms with van der Waals surface area (Å²) in [5, 5.41) is 2.85. The highest BCUT2D eigenvalue weighted by atomic mass is 16.2. The van der Waals surface area contributed by atoms with Gasteiger partial charge in [-0.05, 0) is 30.2 Å². The molecule has 4 nitrogen and oxygen atoms in total. The topological polar surface area (TPSA) is 58.5 Å². The molecule has 2 aliphatic rings. The maximum atomic E-state index is 13.2. The largest absolute Gasteiger partial charge is 0.325 e. The van der Waals surface area contributed by atoms with E-state index in [1.54, 1.807) is 12.2 Å². The number of fused-ring (bicyclic) bond motifs is 1. The third-order valence-corrected chi connectivity index (χ3v) is 4.97. The van der Waals surface area contributed by atoms with Crippen molar-refractivity contribution in [3.05, 3.63) is 107 Å². The van der Waals surface area contributed by atoms with Crippen molar-refractivity contribution in [1.29, 1.82) is 0 Å². The zero-order valence-electron chi connectivity index (χ0n) is 15.5. The normalized spacial score (nSPS) is 19.7. The number of benzene rings is 2. The minimum absolute atomic E-state index is 0.0331. The second-order valence-corrected chi connectivity index (χ2v) is 6.94. The third-order valence-electron chi connectivity index (χ3n) is 4.97. The standard InChI is InChI=1S/C24H20N2O2/c1-16-14-22(27)26-21-15-19(12-13-20(16)21)25-24(28)23(17-8-4-2-5-9-17)18-10-6-3-7-11-18/h2-15,20,23H,1H3,(H,26,27). The van der Waals surface area contributed by atoms with Crippen LogP contribution in [0.5, 0.6) is 0 Å². The molecule has 1 atom stereocenters. The Hall–Kier alpha value is -3.53. The molecule has 0 aromatic heterocycles. The Bertz CT molecular complexity index is 991. The molecular formula is C24H20N2O2. The van der Waals surface area contributed by atoms with Crippen molar-refractivity contribution < 1.29 is 9.59 Å². The van der Waals surface area contributed by atoms with E-state index in [0.29, 0.717) is 5.71 Å². The van der Waals surface area contributed by atoms with E-state index in [2.05, 4.69) is 10.3 Å². The van der Waals surface area contributed by atoms with E-state index in [0.717, 1.165) is 22.4 Å². The van der Waals surface area contributed by atoms with Crippen molar-refractivity contribution in [3.63, 3.8) is 0 Å². The van der Waals surface area contributed by atoms with Gasteiger partial charge in [0.2, 0.25) is 5.91 Å². The summed E-state index contributed by atoms with van der Waals surface area (Å²) in [4.78, 5) is 29.3. The van der Waals surface area contributed by atoms with Crippen LogP contribution in [0.15, 0.2) is 101 Å². The number of aliphatic imine (C=N–C) groups is 1. The van der Waals surface area contributed by atoms with Crippen LogP contribution in [0.2, 0.25) is 0 Å². The Morgan fingerprint density at radius 2 is 1.57 bits per heavy atom. The monoisotopic (exact) mass is 368 g/mol. The molecule has 0 radical (unpaired) electrons. The quantitative estimate of drug-likeness (QED) is 0.892. The lowest BCUT2D eigenvalue weighted by Crippen LogP contribution is -2.32. The minimum Gasteiger partial charge on any atom is -0.325 e. The second kappa shape index (κ2) is 7.61. The fourth-order valence-corrected chi connectivity index (χ4v) is 3.61. The molecule has 2 amide bonds. The molecule has 2 aromatic rings. The lowest BCUT2D eigenvalue weighted by Gasteiger charge is -2.25. The molecule has 4 heteroatoms. The highest BCUT2D eigenvalue weighted by Crippen LogP contribution is 2.28. The van der Waals surface area contributed by atoms with Crippen molar-refractivity contribution in [2.45, 2.75) is 12.8 Å². The predicted molar refractivity (Wildman–Crippen MR) is 110 cm³/mol. The van der Waals surface area contributed by atoms with Gasteiger partial charge in [0.05, 0.1) is 11.6 Å². The Balaban J connectivity index is 1.68. The average Bonchev–Trinajstić information content (AvgIpc) is 2.69. The molecule has 1 heterocycles. The van der Waals surface area contributed by atoms with Crippen LogP contribution in [0.1, 0.15) is 24.0 Å². The van der Waals surface area contributed by atoms with Gasteiger partial charge in [-0.15, -0.1) is 0 Å². The summed E-state index contributed by atoms with van der Waals surface area (Å²) in [6.45, 7) is 1.93. The molecule has 28 heavy (non-hydrogen) atoms. The number of nitrogens with one attached hydrogen (secondary N) is 1. The molecule has 4 rings (SSSR count). The first-order chi connectivity index (χ1) is 13.6. The molecule has 0 fully saturated rings. The van der Waals surface area contributed by atoms with Crippen LogP contribution in [0, 0.1) is 5.92 Å². The first kappa shape index (κ1) is 17.9. The molecule has 0 spiro atoms. The van der Waals surface area contributed by atoms with E-state index in [-0.39, 0.29) is 17.7 Å². The van der Waals surface area contributed by atoms with Gasteiger partial charge in [0.25, 0.3) is 5.91 Å². The molecule has 0 saturated carbocycles. The zero-order valence-corrected chi connectivity index (χ0v) is 15.5. The van der Waals surface area contributed by atoms with E-state index >= 15 is 0 Å². The summed E-state index contributed by atoms with van der Waals surface area (Å²) in [6.07, 6.45) is 7.19. The summed E-state index contributed by atoms with van der Waals surface area (Å²) < 4.78 is 0. The number of carbonyl (C=O) groups excluding carboxylic acids is 2. The van der Waals surface area contributed by atoms with Gasteiger partial charge in [-0.2, -0.15) is 0 Å². The van der Waals surface area contributed by atoms with Gasteiger partial charge in [-0.3, -0.25) is 9.59 Å². The SMILES string of the molecule is CC1=CC(=O)NC2=CC(=NC(=O)C(c3ccccc3)c3ccccc3)C=CC12. The van der Waals surface area contributed by atoms with Gasteiger partial charge < -0.3 is 5.32 Å². The fraction of sp³-hybridized carbons (Fsp3) is 0.125. The highest BCUT2D eigenvalue weighted by molar-refractivity contribution is 6.12. The highest BCUT2D eigenvalue weighted by Gasteiger charge is 2.26. The fourth-order valence-electron chi connectivity index (χ4n) is 3.61. The zero-order chi connectivity index (χ0) is 19.5. The summed E-state index contributed by atoms with van der Waals surface area (Å²) in [5.41, 5.74) is 4.08. The molecule has 0 bridgehead atoms. The smallest absolute Gasteiger partial charge is 0.258 e. The molecule has 1 aliphatic heterocycles. The maximum Gasteiger partial charge on any atom is 0.258 e. The van der Waals surface area contributed by atoms with E-state index in [1.807, 2.05) is 79.7 Å². The van der Waals surface area contributed by atoms with E-state index < -0.39 is 5.92 Å². The number of hydrogen-bond acceptors (Lipinski definition) is 2. The Morgan fingerprint density at radius 1 is 0.964 bits per heavy atom. The Kier molecular flexibility index (Phi) is 4.85. The van der Waals surface area contributed by atoms with Crippen LogP contribution in [-0.4, -0.2) is 17.5 Å². The van der Waals surface area contributed by atoms with Gasteiger partial charge in [0.15, 0.2) is 0 Å². The number of amides is 2. The summed E-state index contributed by atoms with van der Waals surface area (Å²) >= 11 is 0. The van der Waals surface area contributed by atoms with Crippen LogP contribution in [0.3, 0.4) is 0 Å². The number of carbonyl (C=O) groups is 2. The van der Waals surface area contributed by atoms with Crippen LogP contribution in [0.25, 0.3) is 0 Å². The molecular weight excluding hydrogens is 348 g/mol. The van der Waals surface area contributed by atoms with Crippen molar-refractivity contribution in [3.8, 4) is 0 Å². The molecule has 2 aromatic carbocycles. The maximum absolute atomic E-state index is 13.2. The molecule has 1 unspecified atom stereocenters. The van der Waals surface area contributed by atoms with Crippen LogP contribution in [0.4, 0.5) is 0 Å². The minimum atomic E-state index is -0.470. The van der Waals surface area contributed by atoms with Crippen LogP contribution < -0.4 is 5.32 Å². The first-order valence-electron chi connectivity index (χ1n) is 9.23. The number of allylic oxidation sites excluding steroid dienone is 3. The van der Waals surface area contributed by atoms with Crippen molar-refractivity contribution in [2.24, 2.45) is 10.9 Å². The van der Waals surface area contributed by atoms with Crippen LogP contribution in [-0.2, 0) is 9.59 Å². The van der Waals surface area contributed by atoms with E-state index in [1.165, 1.54) is 0 Å². The molecule has 138 valence electrons. The van der Waals surface area contributed by atoms with E-state index in [4.69, 9.17) is 0 Å². The molecule has 1 N–H and O–H groups in total. The number of rotatable bonds is 3. The third kappa shape index (κ3) is 3.62. The Morgan fingerprint density at radius 3 is 2.18 bits per heavy atom. The van der Waals surface area contributed by atoms with Crippen molar-refractivity contribution in [1.82, 2.24) is 5.32 Å². The van der Waals surface area contributed by atoms with Crippen LogP contribution >= 0.6 is 0 Å². The second-order valence-electron chi connectivity index (χ2n) is 6.94.